The van der Waals surface area contributed by atoms with Crippen molar-refractivity contribution in [2.24, 2.45) is 5.73 Å². The minimum Gasteiger partial charge on any atom is -0.382 e. The lowest BCUT2D eigenvalue weighted by molar-refractivity contribution is 0.145. The van der Waals surface area contributed by atoms with Gasteiger partial charge in [-0.25, -0.2) is 0 Å². The molecule has 0 aliphatic heterocycles. The molecule has 0 atom stereocenters. The fourth-order valence-corrected chi connectivity index (χ4v) is 1.32. The highest BCUT2D eigenvalue weighted by molar-refractivity contribution is 4.49. The molecule has 0 saturated carbocycles. The van der Waals surface area contributed by atoms with Gasteiger partial charge < -0.3 is 15.8 Å². The SMILES string of the molecule is CCOCCCNCCCCCCN. The van der Waals surface area contributed by atoms with Crippen molar-refractivity contribution in [3.05, 3.63) is 0 Å². The molecule has 3 heteroatoms. The average molecular weight is 202 g/mol. The van der Waals surface area contributed by atoms with Crippen LogP contribution in [0.15, 0.2) is 0 Å². The molecule has 0 unspecified atom stereocenters. The third-order valence-corrected chi connectivity index (χ3v) is 2.15. The molecule has 0 saturated heterocycles. The molecule has 0 aromatic heterocycles. The maximum absolute atomic E-state index is 5.41. The van der Waals surface area contributed by atoms with Crippen molar-refractivity contribution in [3.8, 4) is 0 Å². The van der Waals surface area contributed by atoms with E-state index in [-0.39, 0.29) is 0 Å². The summed E-state index contributed by atoms with van der Waals surface area (Å²) in [5.41, 5.74) is 5.41. The Bertz CT molecular complexity index is 87.3. The molecule has 0 aromatic rings. The Hall–Kier alpha value is -0.120. The number of hydrogen-bond donors (Lipinski definition) is 2. The molecule has 3 nitrogen and oxygen atoms in total. The van der Waals surface area contributed by atoms with Crippen molar-refractivity contribution < 1.29 is 4.74 Å². The van der Waals surface area contributed by atoms with Gasteiger partial charge in [0.05, 0.1) is 0 Å². The molecule has 0 rings (SSSR count). The summed E-state index contributed by atoms with van der Waals surface area (Å²) < 4.78 is 5.24. The van der Waals surface area contributed by atoms with Gasteiger partial charge in [0.1, 0.15) is 0 Å². The Balaban J connectivity index is 2.78. The standard InChI is InChI=1S/C11H26N2O/c1-2-14-11-7-10-13-9-6-4-3-5-8-12/h13H,2-12H2,1H3. The molecule has 3 N–H and O–H groups in total. The molecule has 0 spiro atoms. The van der Waals surface area contributed by atoms with Crippen molar-refractivity contribution in [1.82, 2.24) is 5.32 Å². The predicted octanol–water partition coefficient (Wildman–Crippen LogP) is 1.52. The van der Waals surface area contributed by atoms with E-state index in [2.05, 4.69) is 5.32 Å². The molecule has 0 amide bonds. The van der Waals surface area contributed by atoms with Crippen LogP contribution < -0.4 is 11.1 Å². The van der Waals surface area contributed by atoms with E-state index < -0.39 is 0 Å². The van der Waals surface area contributed by atoms with Gasteiger partial charge in [-0.05, 0) is 45.8 Å². The lowest BCUT2D eigenvalue weighted by Gasteiger charge is -2.04. The normalized spacial score (nSPS) is 10.7. The first kappa shape index (κ1) is 13.9. The summed E-state index contributed by atoms with van der Waals surface area (Å²) in [6.45, 7) is 6.80. The largest absolute Gasteiger partial charge is 0.382 e. The van der Waals surface area contributed by atoms with Crippen molar-refractivity contribution in [2.75, 3.05) is 32.8 Å². The summed E-state index contributed by atoms with van der Waals surface area (Å²) in [7, 11) is 0. The second-order valence-corrected chi connectivity index (χ2v) is 3.50. The number of hydrogen-bond acceptors (Lipinski definition) is 3. The zero-order valence-electron chi connectivity index (χ0n) is 9.56. The van der Waals surface area contributed by atoms with E-state index in [1.807, 2.05) is 6.92 Å². The van der Waals surface area contributed by atoms with Crippen LogP contribution in [0.25, 0.3) is 0 Å². The predicted molar refractivity (Wildman–Crippen MR) is 61.5 cm³/mol. The van der Waals surface area contributed by atoms with Crippen LogP contribution in [-0.2, 0) is 4.74 Å². The molecule has 0 fully saturated rings. The Morgan fingerprint density at radius 1 is 1.00 bits per heavy atom. The second-order valence-electron chi connectivity index (χ2n) is 3.50. The van der Waals surface area contributed by atoms with Gasteiger partial charge in [-0.15, -0.1) is 0 Å². The Morgan fingerprint density at radius 2 is 1.71 bits per heavy atom. The number of nitrogens with two attached hydrogens (primary N) is 1. The Labute approximate surface area is 88.4 Å². The fourth-order valence-electron chi connectivity index (χ4n) is 1.32. The Morgan fingerprint density at radius 3 is 2.43 bits per heavy atom. The minimum absolute atomic E-state index is 0.832. The average Bonchev–Trinajstić information content (AvgIpc) is 2.21. The monoisotopic (exact) mass is 202 g/mol. The van der Waals surface area contributed by atoms with Gasteiger partial charge >= 0.3 is 0 Å². The van der Waals surface area contributed by atoms with E-state index in [1.165, 1.54) is 25.7 Å². The summed E-state index contributed by atoms with van der Waals surface area (Å²) in [5.74, 6) is 0. The summed E-state index contributed by atoms with van der Waals surface area (Å²) in [4.78, 5) is 0. The van der Waals surface area contributed by atoms with Crippen molar-refractivity contribution >= 4 is 0 Å². The summed E-state index contributed by atoms with van der Waals surface area (Å²) in [5, 5.41) is 3.41. The molecule has 0 bridgehead atoms. The molecule has 0 aliphatic rings. The van der Waals surface area contributed by atoms with Gasteiger partial charge in [-0.1, -0.05) is 12.8 Å². The molecule has 0 aliphatic carbocycles. The molecular formula is C11H26N2O. The molecule has 0 heterocycles. The van der Waals surface area contributed by atoms with Gasteiger partial charge in [0.2, 0.25) is 0 Å². The van der Waals surface area contributed by atoms with Gasteiger partial charge in [0.15, 0.2) is 0 Å². The van der Waals surface area contributed by atoms with E-state index in [4.69, 9.17) is 10.5 Å². The molecule has 0 radical (unpaired) electrons. The van der Waals surface area contributed by atoms with Crippen LogP contribution in [0.5, 0.6) is 0 Å². The quantitative estimate of drug-likeness (QED) is 0.499. The minimum atomic E-state index is 0.832. The number of rotatable bonds is 11. The highest BCUT2D eigenvalue weighted by atomic mass is 16.5. The topological polar surface area (TPSA) is 47.3 Å². The summed E-state index contributed by atoms with van der Waals surface area (Å²) in [6, 6.07) is 0. The first-order valence-corrected chi connectivity index (χ1v) is 5.90. The van der Waals surface area contributed by atoms with E-state index in [1.54, 1.807) is 0 Å². The maximum atomic E-state index is 5.41. The van der Waals surface area contributed by atoms with E-state index in [9.17, 15) is 0 Å². The second kappa shape index (κ2) is 12.9. The van der Waals surface area contributed by atoms with Gasteiger partial charge in [-0.2, -0.15) is 0 Å². The molecule has 14 heavy (non-hydrogen) atoms. The first-order chi connectivity index (χ1) is 6.91. The van der Waals surface area contributed by atoms with Crippen LogP contribution in [0, 0.1) is 0 Å². The van der Waals surface area contributed by atoms with Crippen LogP contribution in [0.3, 0.4) is 0 Å². The van der Waals surface area contributed by atoms with Crippen molar-refractivity contribution in [2.45, 2.75) is 39.0 Å². The van der Waals surface area contributed by atoms with E-state index >= 15 is 0 Å². The van der Waals surface area contributed by atoms with Crippen LogP contribution in [0.1, 0.15) is 39.0 Å². The molecular weight excluding hydrogens is 176 g/mol. The molecule has 86 valence electrons. The third kappa shape index (κ3) is 11.9. The van der Waals surface area contributed by atoms with Crippen molar-refractivity contribution in [3.63, 3.8) is 0 Å². The van der Waals surface area contributed by atoms with Gasteiger partial charge in [0, 0.05) is 13.2 Å². The van der Waals surface area contributed by atoms with E-state index in [0.29, 0.717) is 0 Å². The van der Waals surface area contributed by atoms with E-state index in [0.717, 1.165) is 39.3 Å². The first-order valence-electron chi connectivity index (χ1n) is 5.90. The lowest BCUT2D eigenvalue weighted by Crippen LogP contribution is -2.18. The lowest BCUT2D eigenvalue weighted by atomic mass is 10.2. The molecule has 0 aromatic carbocycles. The number of ether oxygens (including phenoxy) is 1. The number of unbranched alkanes of at least 4 members (excludes halogenated alkanes) is 3. The third-order valence-electron chi connectivity index (χ3n) is 2.15. The highest BCUT2D eigenvalue weighted by Crippen LogP contribution is 1.96. The number of nitrogens with one attached hydrogen (secondary N) is 1. The zero-order valence-corrected chi connectivity index (χ0v) is 9.56. The summed E-state index contributed by atoms with van der Waals surface area (Å²) in [6.07, 6.45) is 6.14. The summed E-state index contributed by atoms with van der Waals surface area (Å²) >= 11 is 0. The smallest absolute Gasteiger partial charge is 0.0477 e. The highest BCUT2D eigenvalue weighted by Gasteiger charge is 1.90. The van der Waals surface area contributed by atoms with Crippen LogP contribution >= 0.6 is 0 Å². The van der Waals surface area contributed by atoms with Crippen LogP contribution in [0.4, 0.5) is 0 Å². The van der Waals surface area contributed by atoms with Crippen LogP contribution in [-0.4, -0.2) is 32.8 Å². The zero-order chi connectivity index (χ0) is 10.5. The van der Waals surface area contributed by atoms with Crippen molar-refractivity contribution in [1.29, 1.82) is 0 Å². The maximum Gasteiger partial charge on any atom is 0.0477 e. The fraction of sp³-hybridized carbons (Fsp3) is 1.00. The van der Waals surface area contributed by atoms with Gasteiger partial charge in [-0.3, -0.25) is 0 Å². The Kier molecular flexibility index (Phi) is 12.8. The van der Waals surface area contributed by atoms with Crippen LogP contribution in [0.2, 0.25) is 0 Å². The van der Waals surface area contributed by atoms with Gasteiger partial charge in [0.25, 0.3) is 0 Å².